The van der Waals surface area contributed by atoms with Gasteiger partial charge in [-0.3, -0.25) is 4.90 Å². The molecule has 1 fully saturated rings. The van der Waals surface area contributed by atoms with Crippen LogP contribution in [0.1, 0.15) is 52.3 Å². The van der Waals surface area contributed by atoms with Gasteiger partial charge >= 0.3 is 6.09 Å². The van der Waals surface area contributed by atoms with Crippen molar-refractivity contribution in [3.05, 3.63) is 11.8 Å². The second-order valence-corrected chi connectivity index (χ2v) is 7.25. The van der Waals surface area contributed by atoms with Crippen LogP contribution in [0.4, 0.5) is 4.79 Å². The lowest BCUT2D eigenvalue weighted by molar-refractivity contribution is 0.0446. The predicted molar refractivity (Wildman–Crippen MR) is 85.9 cm³/mol. The maximum absolute atomic E-state index is 11.9. The van der Waals surface area contributed by atoms with Crippen LogP contribution in [0, 0.1) is 12.8 Å². The molecule has 2 atom stereocenters. The molecular weight excluding hydrogens is 296 g/mol. The largest absolute Gasteiger partial charge is 0.444 e. The Labute approximate surface area is 137 Å². The van der Waals surface area contributed by atoms with Gasteiger partial charge < -0.3 is 14.5 Å². The van der Waals surface area contributed by atoms with Gasteiger partial charge in [0.25, 0.3) is 0 Å². The number of hydrogen-bond acceptors (Lipinski definition) is 6. The Morgan fingerprint density at radius 3 is 2.78 bits per heavy atom. The van der Waals surface area contributed by atoms with Gasteiger partial charge in [0.1, 0.15) is 5.60 Å². The molecular formula is C16H28N4O3. The van der Waals surface area contributed by atoms with Crippen LogP contribution in [0.3, 0.4) is 0 Å². The Hall–Kier alpha value is -1.63. The fourth-order valence-electron chi connectivity index (χ4n) is 2.94. The van der Waals surface area contributed by atoms with Crippen LogP contribution in [0.25, 0.3) is 0 Å². The van der Waals surface area contributed by atoms with E-state index in [1.165, 1.54) is 0 Å². The van der Waals surface area contributed by atoms with Gasteiger partial charge in [-0.2, -0.15) is 0 Å². The average molecular weight is 324 g/mol. The molecule has 1 saturated heterocycles. The number of nitrogens with one attached hydrogen (secondary N) is 1. The van der Waals surface area contributed by atoms with Gasteiger partial charge in [-0.15, -0.1) is 10.2 Å². The molecule has 0 radical (unpaired) electrons. The maximum Gasteiger partial charge on any atom is 0.407 e. The number of ether oxygens (including phenoxy) is 1. The van der Waals surface area contributed by atoms with Gasteiger partial charge in [0.2, 0.25) is 11.8 Å². The summed E-state index contributed by atoms with van der Waals surface area (Å²) in [6.45, 7) is 11.7. The molecule has 2 heterocycles. The third-order valence-corrected chi connectivity index (χ3v) is 3.99. The van der Waals surface area contributed by atoms with Crippen molar-refractivity contribution in [2.45, 2.75) is 65.6 Å². The van der Waals surface area contributed by atoms with E-state index in [4.69, 9.17) is 9.15 Å². The first kappa shape index (κ1) is 17.7. The number of amides is 1. The molecule has 0 aliphatic carbocycles. The first-order chi connectivity index (χ1) is 10.7. The molecule has 23 heavy (non-hydrogen) atoms. The first-order valence-corrected chi connectivity index (χ1v) is 8.24. The van der Waals surface area contributed by atoms with Crippen molar-refractivity contribution in [3.63, 3.8) is 0 Å². The maximum atomic E-state index is 11.9. The van der Waals surface area contributed by atoms with Crippen LogP contribution in [0.15, 0.2) is 4.42 Å². The number of carbonyl (C=O) groups is 1. The van der Waals surface area contributed by atoms with Crippen LogP contribution in [0.2, 0.25) is 0 Å². The summed E-state index contributed by atoms with van der Waals surface area (Å²) in [5.41, 5.74) is -0.483. The summed E-state index contributed by atoms with van der Waals surface area (Å²) in [4.78, 5) is 14.2. The Balaban J connectivity index is 1.93. The summed E-state index contributed by atoms with van der Waals surface area (Å²) in [5.74, 6) is 1.69. The first-order valence-electron chi connectivity index (χ1n) is 8.24. The van der Waals surface area contributed by atoms with E-state index in [1.807, 2.05) is 20.8 Å². The van der Waals surface area contributed by atoms with E-state index < -0.39 is 5.60 Å². The molecule has 0 unspecified atom stereocenters. The van der Waals surface area contributed by atoms with Crippen LogP contribution in [-0.4, -0.2) is 45.9 Å². The molecule has 1 N–H and O–H groups in total. The summed E-state index contributed by atoms with van der Waals surface area (Å²) in [6, 6.07) is 0.239. The predicted octanol–water partition coefficient (Wildman–Crippen LogP) is 2.50. The highest BCUT2D eigenvalue weighted by molar-refractivity contribution is 5.67. The van der Waals surface area contributed by atoms with Crippen molar-refractivity contribution < 1.29 is 13.9 Å². The van der Waals surface area contributed by atoms with Crippen molar-refractivity contribution in [1.82, 2.24) is 20.4 Å². The third-order valence-electron chi connectivity index (χ3n) is 3.99. The normalized spacial score (nSPS) is 22.8. The van der Waals surface area contributed by atoms with Gasteiger partial charge in [0.05, 0.1) is 6.54 Å². The summed E-state index contributed by atoms with van der Waals surface area (Å²) < 4.78 is 10.8. The number of likely N-dealkylation sites (tertiary alicyclic amines) is 1. The van der Waals surface area contributed by atoms with Crippen LogP contribution < -0.4 is 5.32 Å². The van der Waals surface area contributed by atoms with Gasteiger partial charge in [0.15, 0.2) is 0 Å². The highest BCUT2D eigenvalue weighted by Crippen LogP contribution is 2.24. The van der Waals surface area contributed by atoms with Gasteiger partial charge in [-0.25, -0.2) is 4.79 Å². The molecule has 0 aromatic carbocycles. The number of hydrogen-bond donors (Lipinski definition) is 1. The standard InChI is InChI=1S/C16H28N4O3/c1-11-7-6-8-20(10-14-19-18-12(2)22-14)13(11)9-17-15(21)23-16(3,4)5/h11,13H,6-10H2,1-5H3,(H,17,21)/t11-,13-/m1/s1. The fourth-order valence-corrected chi connectivity index (χ4v) is 2.94. The monoisotopic (exact) mass is 324 g/mol. The zero-order valence-electron chi connectivity index (χ0n) is 14.8. The zero-order chi connectivity index (χ0) is 17.0. The molecule has 7 nitrogen and oxygen atoms in total. The van der Waals surface area contributed by atoms with Crippen molar-refractivity contribution in [2.75, 3.05) is 13.1 Å². The molecule has 1 aromatic heterocycles. The minimum Gasteiger partial charge on any atom is -0.444 e. The van der Waals surface area contributed by atoms with E-state index in [1.54, 1.807) is 6.92 Å². The summed E-state index contributed by atoms with van der Waals surface area (Å²) in [6.07, 6.45) is 1.92. The number of carbonyl (C=O) groups excluding carboxylic acids is 1. The van der Waals surface area contributed by atoms with Crippen molar-refractivity contribution >= 4 is 6.09 Å². The van der Waals surface area contributed by atoms with Crippen LogP contribution in [0.5, 0.6) is 0 Å². The second-order valence-electron chi connectivity index (χ2n) is 7.25. The number of piperidine rings is 1. The van der Waals surface area contributed by atoms with Crippen molar-refractivity contribution in [1.29, 1.82) is 0 Å². The molecule has 130 valence electrons. The van der Waals surface area contributed by atoms with Gasteiger partial charge in [-0.05, 0) is 46.1 Å². The van der Waals surface area contributed by atoms with Crippen molar-refractivity contribution in [3.8, 4) is 0 Å². The summed E-state index contributed by atoms with van der Waals surface area (Å²) in [7, 11) is 0. The van der Waals surface area contributed by atoms with E-state index in [2.05, 4.69) is 27.3 Å². The quantitative estimate of drug-likeness (QED) is 0.916. The highest BCUT2D eigenvalue weighted by atomic mass is 16.6. The Morgan fingerprint density at radius 2 is 2.17 bits per heavy atom. The summed E-state index contributed by atoms with van der Waals surface area (Å²) >= 11 is 0. The molecule has 1 aromatic rings. The molecule has 2 rings (SSSR count). The summed E-state index contributed by atoms with van der Waals surface area (Å²) in [5, 5.41) is 10.8. The number of alkyl carbamates (subject to hydrolysis) is 1. The van der Waals surface area contributed by atoms with Crippen LogP contribution >= 0.6 is 0 Å². The lowest BCUT2D eigenvalue weighted by Gasteiger charge is -2.39. The van der Waals surface area contributed by atoms with Gasteiger partial charge in [0, 0.05) is 19.5 Å². The minimum atomic E-state index is -0.483. The van der Waals surface area contributed by atoms with E-state index in [9.17, 15) is 4.79 Å². The second kappa shape index (κ2) is 7.29. The smallest absolute Gasteiger partial charge is 0.407 e. The molecule has 0 spiro atoms. The Kier molecular flexibility index (Phi) is 5.62. The molecule has 0 bridgehead atoms. The average Bonchev–Trinajstić information content (AvgIpc) is 2.81. The van der Waals surface area contributed by atoms with Crippen LogP contribution in [-0.2, 0) is 11.3 Å². The SMILES string of the molecule is Cc1nnc(CN2CCC[C@@H](C)[C@H]2CNC(=O)OC(C)(C)C)o1. The Morgan fingerprint density at radius 1 is 1.43 bits per heavy atom. The molecule has 0 saturated carbocycles. The minimum absolute atomic E-state index is 0.239. The number of aryl methyl sites for hydroxylation is 1. The topological polar surface area (TPSA) is 80.5 Å². The van der Waals surface area contributed by atoms with E-state index in [0.717, 1.165) is 19.4 Å². The number of rotatable bonds is 4. The lowest BCUT2D eigenvalue weighted by atomic mass is 9.90. The molecule has 1 aliphatic rings. The fraction of sp³-hybridized carbons (Fsp3) is 0.812. The number of aromatic nitrogens is 2. The molecule has 7 heteroatoms. The zero-order valence-corrected chi connectivity index (χ0v) is 14.8. The van der Waals surface area contributed by atoms with Gasteiger partial charge in [-0.1, -0.05) is 6.92 Å². The lowest BCUT2D eigenvalue weighted by Crippen LogP contribution is -2.50. The highest BCUT2D eigenvalue weighted by Gasteiger charge is 2.30. The molecule has 1 aliphatic heterocycles. The third kappa shape index (κ3) is 5.49. The molecule has 1 amide bonds. The van der Waals surface area contributed by atoms with E-state index in [0.29, 0.717) is 30.8 Å². The number of nitrogens with zero attached hydrogens (tertiary/aromatic N) is 3. The van der Waals surface area contributed by atoms with Crippen molar-refractivity contribution in [2.24, 2.45) is 5.92 Å². The Bertz CT molecular complexity index is 524. The van der Waals surface area contributed by atoms with E-state index >= 15 is 0 Å². The van der Waals surface area contributed by atoms with E-state index in [-0.39, 0.29) is 12.1 Å².